The van der Waals surface area contributed by atoms with Crippen molar-refractivity contribution in [2.45, 2.75) is 20.8 Å². The molecule has 148 valence electrons. The number of hydrogen-bond acceptors (Lipinski definition) is 5. The third-order valence-corrected chi connectivity index (χ3v) is 4.83. The molecule has 0 unspecified atom stereocenters. The van der Waals surface area contributed by atoms with Gasteiger partial charge in [0, 0.05) is 31.9 Å². The molecule has 0 aliphatic carbocycles. The molecule has 28 heavy (non-hydrogen) atoms. The summed E-state index contributed by atoms with van der Waals surface area (Å²) in [5.41, 5.74) is 4.59. The topological polar surface area (TPSA) is 74.8 Å². The van der Waals surface area contributed by atoms with E-state index < -0.39 is 0 Å². The number of anilines is 2. The van der Waals surface area contributed by atoms with Crippen LogP contribution in [-0.4, -0.2) is 59.6 Å². The maximum absolute atomic E-state index is 12.7. The highest BCUT2D eigenvalue weighted by Crippen LogP contribution is 2.24. The number of hydrogen-bond donors (Lipinski definition) is 1. The van der Waals surface area contributed by atoms with Gasteiger partial charge in [-0.25, -0.2) is 9.78 Å². The quantitative estimate of drug-likeness (QED) is 0.878. The first-order chi connectivity index (χ1) is 13.5. The van der Waals surface area contributed by atoms with Crippen molar-refractivity contribution >= 4 is 23.4 Å². The number of rotatable bonds is 4. The Hall–Kier alpha value is -3.09. The van der Waals surface area contributed by atoms with Crippen molar-refractivity contribution < 1.29 is 14.3 Å². The van der Waals surface area contributed by atoms with Crippen molar-refractivity contribution in [3.8, 4) is 0 Å². The minimum Gasteiger partial charge on any atom is -0.450 e. The van der Waals surface area contributed by atoms with Gasteiger partial charge in [0.2, 0.25) is 0 Å². The van der Waals surface area contributed by atoms with Gasteiger partial charge in [0.1, 0.15) is 5.69 Å². The standard InChI is InChI=1S/C21H26N4O3/c1-4-28-21(27)25-12-10-24(11-13-25)20(26)18-9-8-17(14-22-18)23-19-15(2)6-5-7-16(19)3/h5-9,14,23H,4,10-13H2,1-3H3. The van der Waals surface area contributed by atoms with Gasteiger partial charge in [-0.05, 0) is 44.0 Å². The summed E-state index contributed by atoms with van der Waals surface area (Å²) in [7, 11) is 0. The Morgan fingerprint density at radius 2 is 1.68 bits per heavy atom. The van der Waals surface area contributed by atoms with Crippen LogP contribution >= 0.6 is 0 Å². The molecule has 7 nitrogen and oxygen atoms in total. The van der Waals surface area contributed by atoms with E-state index in [1.165, 1.54) is 0 Å². The van der Waals surface area contributed by atoms with Gasteiger partial charge in [-0.2, -0.15) is 0 Å². The summed E-state index contributed by atoms with van der Waals surface area (Å²) in [4.78, 5) is 32.1. The summed E-state index contributed by atoms with van der Waals surface area (Å²) in [6.45, 7) is 8.12. The number of ether oxygens (including phenoxy) is 1. The minimum absolute atomic E-state index is 0.123. The molecular weight excluding hydrogens is 356 g/mol. The van der Waals surface area contributed by atoms with Crippen LogP contribution in [0.25, 0.3) is 0 Å². The van der Waals surface area contributed by atoms with Gasteiger partial charge >= 0.3 is 6.09 Å². The fourth-order valence-electron chi connectivity index (χ4n) is 3.22. The molecule has 0 bridgehead atoms. The Bertz CT molecular complexity index is 823. The number of carbonyl (C=O) groups excluding carboxylic acids is 2. The summed E-state index contributed by atoms with van der Waals surface area (Å²) in [6.07, 6.45) is 1.35. The molecular formula is C21H26N4O3. The monoisotopic (exact) mass is 382 g/mol. The van der Waals surface area contributed by atoms with Gasteiger partial charge in [-0.1, -0.05) is 18.2 Å². The second-order valence-electron chi connectivity index (χ2n) is 6.80. The van der Waals surface area contributed by atoms with Crippen LogP contribution in [0.2, 0.25) is 0 Å². The van der Waals surface area contributed by atoms with Crippen LogP contribution in [0.5, 0.6) is 0 Å². The van der Waals surface area contributed by atoms with Crippen molar-refractivity contribution in [2.24, 2.45) is 0 Å². The van der Waals surface area contributed by atoms with Crippen molar-refractivity contribution in [2.75, 3.05) is 38.1 Å². The Kier molecular flexibility index (Phi) is 6.13. The van der Waals surface area contributed by atoms with Crippen molar-refractivity contribution in [1.82, 2.24) is 14.8 Å². The molecule has 0 radical (unpaired) electrons. The predicted molar refractivity (Wildman–Crippen MR) is 108 cm³/mol. The van der Waals surface area contributed by atoms with E-state index in [0.717, 1.165) is 22.5 Å². The lowest BCUT2D eigenvalue weighted by molar-refractivity contribution is 0.0566. The van der Waals surface area contributed by atoms with Crippen molar-refractivity contribution in [1.29, 1.82) is 0 Å². The molecule has 1 aliphatic rings. The highest BCUT2D eigenvalue weighted by Gasteiger charge is 2.26. The summed E-state index contributed by atoms with van der Waals surface area (Å²) in [5, 5.41) is 3.37. The number of pyridine rings is 1. The fraction of sp³-hybridized carbons (Fsp3) is 0.381. The summed E-state index contributed by atoms with van der Waals surface area (Å²) >= 11 is 0. The van der Waals surface area contributed by atoms with E-state index in [1.807, 2.05) is 12.1 Å². The van der Waals surface area contributed by atoms with Crippen LogP contribution in [-0.2, 0) is 4.74 Å². The summed E-state index contributed by atoms with van der Waals surface area (Å²) < 4.78 is 5.00. The average Bonchev–Trinajstić information content (AvgIpc) is 2.71. The Balaban J connectivity index is 1.61. The molecule has 2 amide bonds. The fourth-order valence-corrected chi connectivity index (χ4v) is 3.22. The third kappa shape index (κ3) is 4.42. The molecule has 0 saturated carbocycles. The molecule has 1 aromatic heterocycles. The zero-order valence-corrected chi connectivity index (χ0v) is 16.6. The molecule has 1 aromatic carbocycles. The number of nitrogens with one attached hydrogen (secondary N) is 1. The molecule has 1 fully saturated rings. The van der Waals surface area contributed by atoms with E-state index in [-0.39, 0.29) is 12.0 Å². The number of nitrogens with zero attached hydrogens (tertiary/aromatic N) is 3. The highest BCUT2D eigenvalue weighted by atomic mass is 16.6. The first-order valence-electron chi connectivity index (χ1n) is 9.50. The van der Waals surface area contributed by atoms with Gasteiger partial charge in [0.05, 0.1) is 18.5 Å². The molecule has 2 heterocycles. The van der Waals surface area contributed by atoms with Crippen LogP contribution in [0.3, 0.4) is 0 Å². The van der Waals surface area contributed by atoms with Crippen molar-refractivity contribution in [3.63, 3.8) is 0 Å². The number of aryl methyl sites for hydroxylation is 2. The van der Waals surface area contributed by atoms with E-state index in [1.54, 1.807) is 29.0 Å². The zero-order chi connectivity index (χ0) is 20.1. The van der Waals surface area contributed by atoms with Crippen LogP contribution < -0.4 is 5.32 Å². The Morgan fingerprint density at radius 3 is 2.25 bits per heavy atom. The second-order valence-corrected chi connectivity index (χ2v) is 6.80. The average molecular weight is 382 g/mol. The second kappa shape index (κ2) is 8.73. The lowest BCUT2D eigenvalue weighted by atomic mass is 10.1. The van der Waals surface area contributed by atoms with Crippen molar-refractivity contribution in [3.05, 3.63) is 53.3 Å². The van der Waals surface area contributed by atoms with E-state index in [9.17, 15) is 9.59 Å². The molecule has 1 aliphatic heterocycles. The van der Waals surface area contributed by atoms with Crippen LogP contribution in [0.1, 0.15) is 28.5 Å². The SMILES string of the molecule is CCOC(=O)N1CCN(C(=O)c2ccc(Nc3c(C)cccc3C)cn2)CC1. The summed E-state index contributed by atoms with van der Waals surface area (Å²) in [5.74, 6) is -0.123. The van der Waals surface area contributed by atoms with E-state index >= 15 is 0 Å². The number of amides is 2. The largest absolute Gasteiger partial charge is 0.450 e. The summed E-state index contributed by atoms with van der Waals surface area (Å²) in [6, 6.07) is 9.72. The van der Waals surface area contributed by atoms with Gasteiger partial charge in [-0.15, -0.1) is 0 Å². The van der Waals surface area contributed by atoms with E-state index in [0.29, 0.717) is 38.5 Å². The normalized spacial score (nSPS) is 14.0. The number of benzene rings is 1. The number of para-hydroxylation sites is 1. The predicted octanol–water partition coefficient (Wildman–Crippen LogP) is 3.36. The molecule has 0 spiro atoms. The van der Waals surface area contributed by atoms with E-state index in [2.05, 4.69) is 36.3 Å². The van der Waals surface area contributed by atoms with Gasteiger partial charge in [0.15, 0.2) is 0 Å². The molecule has 1 N–H and O–H groups in total. The smallest absolute Gasteiger partial charge is 0.409 e. The molecule has 2 aromatic rings. The van der Waals surface area contributed by atoms with Gasteiger partial charge in [-0.3, -0.25) is 4.79 Å². The molecule has 1 saturated heterocycles. The molecule has 0 atom stereocenters. The highest BCUT2D eigenvalue weighted by molar-refractivity contribution is 5.92. The number of aromatic nitrogens is 1. The van der Waals surface area contributed by atoms with Crippen LogP contribution in [0.15, 0.2) is 36.5 Å². The molecule has 7 heteroatoms. The maximum atomic E-state index is 12.7. The number of piperazine rings is 1. The van der Waals surface area contributed by atoms with Gasteiger partial charge in [0.25, 0.3) is 5.91 Å². The lowest BCUT2D eigenvalue weighted by Crippen LogP contribution is -2.50. The molecule has 3 rings (SSSR count). The Morgan fingerprint density at radius 1 is 1.04 bits per heavy atom. The number of carbonyl (C=O) groups is 2. The Labute approximate surface area is 165 Å². The first kappa shape index (κ1) is 19.7. The van der Waals surface area contributed by atoms with Crippen LogP contribution in [0.4, 0.5) is 16.2 Å². The van der Waals surface area contributed by atoms with Crippen LogP contribution in [0, 0.1) is 13.8 Å². The van der Waals surface area contributed by atoms with E-state index in [4.69, 9.17) is 4.74 Å². The third-order valence-electron chi connectivity index (χ3n) is 4.83. The lowest BCUT2D eigenvalue weighted by Gasteiger charge is -2.33. The first-order valence-corrected chi connectivity index (χ1v) is 9.50. The zero-order valence-electron chi connectivity index (χ0n) is 16.6. The van der Waals surface area contributed by atoms with Gasteiger partial charge < -0.3 is 19.9 Å². The minimum atomic E-state index is -0.324. The maximum Gasteiger partial charge on any atom is 0.409 e.